The van der Waals surface area contributed by atoms with Crippen molar-refractivity contribution in [3.8, 4) is 0 Å². The molecule has 0 heterocycles. The molecule has 0 saturated carbocycles. The second-order valence-corrected chi connectivity index (χ2v) is 5.94. The van der Waals surface area contributed by atoms with Gasteiger partial charge in [-0.3, -0.25) is 14.9 Å². The van der Waals surface area contributed by atoms with Gasteiger partial charge in [0.15, 0.2) is 0 Å². The van der Waals surface area contributed by atoms with E-state index in [2.05, 4.69) is 5.32 Å². The monoisotopic (exact) mass is 416 g/mol. The molecule has 0 aliphatic heterocycles. The first-order valence-corrected chi connectivity index (χ1v) is 7.35. The minimum atomic E-state index is -0.457. The van der Waals surface area contributed by atoms with E-state index in [0.717, 1.165) is 3.57 Å². The third-order valence-electron chi connectivity index (χ3n) is 2.82. The lowest BCUT2D eigenvalue weighted by Gasteiger charge is -2.08. The van der Waals surface area contributed by atoms with Gasteiger partial charge in [-0.2, -0.15) is 0 Å². The number of aryl methyl sites for hydroxylation is 1. The van der Waals surface area contributed by atoms with E-state index in [9.17, 15) is 14.9 Å². The predicted molar refractivity (Wildman–Crippen MR) is 90.0 cm³/mol. The standard InChI is InChI=1S/C14H10ClIN2O3/c1-8-6-10(3-5-13(8)18(20)21)17-14(19)11-7-9(15)2-4-12(11)16/h2-7H,1H3,(H,17,19). The highest BCUT2D eigenvalue weighted by atomic mass is 127. The van der Waals surface area contributed by atoms with Crippen LogP contribution in [0.15, 0.2) is 36.4 Å². The maximum atomic E-state index is 12.2. The summed E-state index contributed by atoms with van der Waals surface area (Å²) in [5.41, 5.74) is 1.46. The van der Waals surface area contributed by atoms with Gasteiger partial charge in [-0.15, -0.1) is 0 Å². The number of benzene rings is 2. The van der Waals surface area contributed by atoms with E-state index in [1.54, 1.807) is 31.2 Å². The Hall–Kier alpha value is -1.67. The van der Waals surface area contributed by atoms with Crippen molar-refractivity contribution in [2.45, 2.75) is 6.92 Å². The molecule has 0 saturated heterocycles. The minimum Gasteiger partial charge on any atom is -0.322 e. The first kappa shape index (κ1) is 15.7. The largest absolute Gasteiger partial charge is 0.322 e. The third kappa shape index (κ3) is 3.70. The van der Waals surface area contributed by atoms with Crippen LogP contribution in [0.4, 0.5) is 11.4 Å². The van der Waals surface area contributed by atoms with Gasteiger partial charge in [0.05, 0.1) is 10.5 Å². The molecular weight excluding hydrogens is 407 g/mol. The van der Waals surface area contributed by atoms with Crippen LogP contribution in [-0.4, -0.2) is 10.8 Å². The van der Waals surface area contributed by atoms with Crippen molar-refractivity contribution in [2.75, 3.05) is 5.32 Å². The molecule has 1 N–H and O–H groups in total. The SMILES string of the molecule is Cc1cc(NC(=O)c2cc(Cl)ccc2I)ccc1[N+](=O)[O-]. The summed E-state index contributed by atoms with van der Waals surface area (Å²) < 4.78 is 0.771. The van der Waals surface area contributed by atoms with Crippen molar-refractivity contribution in [1.82, 2.24) is 0 Å². The van der Waals surface area contributed by atoms with Gasteiger partial charge in [0, 0.05) is 25.9 Å². The van der Waals surface area contributed by atoms with Crippen LogP contribution in [0, 0.1) is 20.6 Å². The molecule has 0 fully saturated rings. The van der Waals surface area contributed by atoms with Crippen LogP contribution in [0.2, 0.25) is 5.02 Å². The Morgan fingerprint density at radius 3 is 2.62 bits per heavy atom. The van der Waals surface area contributed by atoms with Gasteiger partial charge >= 0.3 is 0 Å². The number of amides is 1. The van der Waals surface area contributed by atoms with Crippen LogP contribution in [0.3, 0.4) is 0 Å². The third-order valence-corrected chi connectivity index (χ3v) is 4.00. The summed E-state index contributed by atoms with van der Waals surface area (Å²) in [5, 5.41) is 13.9. The van der Waals surface area contributed by atoms with E-state index in [1.807, 2.05) is 22.6 Å². The first-order valence-electron chi connectivity index (χ1n) is 5.90. The van der Waals surface area contributed by atoms with Gasteiger partial charge in [0.25, 0.3) is 11.6 Å². The molecule has 7 heteroatoms. The Balaban J connectivity index is 2.26. The van der Waals surface area contributed by atoms with Crippen LogP contribution >= 0.6 is 34.2 Å². The molecule has 0 aliphatic rings. The number of anilines is 1. The second-order valence-electron chi connectivity index (χ2n) is 4.34. The van der Waals surface area contributed by atoms with Crippen molar-refractivity contribution >= 4 is 51.5 Å². The summed E-state index contributed by atoms with van der Waals surface area (Å²) >= 11 is 7.93. The van der Waals surface area contributed by atoms with E-state index < -0.39 is 4.92 Å². The van der Waals surface area contributed by atoms with Gasteiger partial charge in [-0.25, -0.2) is 0 Å². The van der Waals surface area contributed by atoms with E-state index in [4.69, 9.17) is 11.6 Å². The lowest BCUT2D eigenvalue weighted by atomic mass is 10.1. The number of carbonyl (C=O) groups excluding carboxylic acids is 1. The first-order chi connectivity index (χ1) is 9.88. The quantitative estimate of drug-likeness (QED) is 0.457. The van der Waals surface area contributed by atoms with Crippen LogP contribution in [0.5, 0.6) is 0 Å². The molecule has 2 rings (SSSR count). The number of nitro groups is 1. The zero-order valence-electron chi connectivity index (χ0n) is 10.9. The highest BCUT2D eigenvalue weighted by molar-refractivity contribution is 14.1. The molecule has 2 aromatic rings. The number of carbonyl (C=O) groups is 1. The molecule has 1 amide bonds. The van der Waals surface area contributed by atoms with Crippen LogP contribution in [0.1, 0.15) is 15.9 Å². The van der Waals surface area contributed by atoms with Crippen LogP contribution in [0.25, 0.3) is 0 Å². The van der Waals surface area contributed by atoms with Gasteiger partial charge in [0.1, 0.15) is 0 Å². The van der Waals surface area contributed by atoms with Crippen molar-refractivity contribution in [3.05, 3.63) is 66.2 Å². The van der Waals surface area contributed by atoms with Gasteiger partial charge in [0.2, 0.25) is 0 Å². The Kier molecular flexibility index (Phi) is 4.79. The zero-order valence-corrected chi connectivity index (χ0v) is 13.8. The fourth-order valence-electron chi connectivity index (χ4n) is 1.81. The molecule has 0 aliphatic carbocycles. The highest BCUT2D eigenvalue weighted by Crippen LogP contribution is 2.23. The van der Waals surface area contributed by atoms with Gasteiger partial charge < -0.3 is 5.32 Å². The summed E-state index contributed by atoms with van der Waals surface area (Å²) in [5.74, 6) is -0.310. The van der Waals surface area contributed by atoms with Crippen molar-refractivity contribution in [2.24, 2.45) is 0 Å². The molecule has 0 aromatic heterocycles. The average molecular weight is 417 g/mol. The molecule has 0 spiro atoms. The second kappa shape index (κ2) is 6.40. The van der Waals surface area contributed by atoms with E-state index in [1.165, 1.54) is 12.1 Å². The van der Waals surface area contributed by atoms with Crippen molar-refractivity contribution < 1.29 is 9.72 Å². The zero-order chi connectivity index (χ0) is 15.6. The molecule has 0 radical (unpaired) electrons. The maximum Gasteiger partial charge on any atom is 0.272 e. The van der Waals surface area contributed by atoms with E-state index in [0.29, 0.717) is 21.8 Å². The lowest BCUT2D eigenvalue weighted by molar-refractivity contribution is -0.385. The maximum absolute atomic E-state index is 12.2. The molecule has 108 valence electrons. The number of hydrogen-bond acceptors (Lipinski definition) is 3. The highest BCUT2D eigenvalue weighted by Gasteiger charge is 2.14. The average Bonchev–Trinajstić information content (AvgIpc) is 2.41. The van der Waals surface area contributed by atoms with Crippen molar-refractivity contribution in [1.29, 1.82) is 0 Å². The number of halogens is 2. The van der Waals surface area contributed by atoms with Gasteiger partial charge in [-0.05, 0) is 59.8 Å². The topological polar surface area (TPSA) is 72.2 Å². The number of nitro benzene ring substituents is 1. The number of hydrogen-bond donors (Lipinski definition) is 1. The lowest BCUT2D eigenvalue weighted by Crippen LogP contribution is -2.13. The Morgan fingerprint density at radius 1 is 1.29 bits per heavy atom. The van der Waals surface area contributed by atoms with Crippen LogP contribution in [-0.2, 0) is 0 Å². The summed E-state index contributed by atoms with van der Waals surface area (Å²) in [4.78, 5) is 22.5. The molecule has 0 bridgehead atoms. The molecule has 5 nitrogen and oxygen atoms in total. The number of nitrogens with one attached hydrogen (secondary N) is 1. The Labute approximate surface area is 139 Å². The fraction of sp³-hybridized carbons (Fsp3) is 0.0714. The molecule has 2 aromatic carbocycles. The van der Waals surface area contributed by atoms with E-state index in [-0.39, 0.29) is 11.6 Å². The van der Waals surface area contributed by atoms with Crippen molar-refractivity contribution in [3.63, 3.8) is 0 Å². The van der Waals surface area contributed by atoms with E-state index >= 15 is 0 Å². The summed E-state index contributed by atoms with van der Waals surface area (Å²) in [6, 6.07) is 9.47. The molecular formula is C14H10ClIN2O3. The molecule has 21 heavy (non-hydrogen) atoms. The minimum absolute atomic E-state index is 0.0188. The predicted octanol–water partition coefficient (Wildman–Crippen LogP) is 4.41. The summed E-state index contributed by atoms with van der Waals surface area (Å²) in [7, 11) is 0. The number of nitrogens with zero attached hydrogens (tertiary/aromatic N) is 1. The number of rotatable bonds is 3. The Morgan fingerprint density at radius 2 is 2.00 bits per heavy atom. The summed E-state index contributed by atoms with van der Waals surface area (Å²) in [6.45, 7) is 1.62. The molecule has 0 unspecified atom stereocenters. The normalized spacial score (nSPS) is 10.2. The fourth-order valence-corrected chi connectivity index (χ4v) is 2.56. The van der Waals surface area contributed by atoms with Crippen LogP contribution < -0.4 is 5.32 Å². The van der Waals surface area contributed by atoms with Gasteiger partial charge in [-0.1, -0.05) is 11.6 Å². The molecule has 0 atom stereocenters. The Bertz CT molecular complexity index is 734. The smallest absolute Gasteiger partial charge is 0.272 e. The summed E-state index contributed by atoms with van der Waals surface area (Å²) in [6.07, 6.45) is 0.